The fraction of sp³-hybridized carbons (Fsp3) is 0.605. The second kappa shape index (κ2) is 8.74. The van der Waals surface area contributed by atoms with Crippen molar-refractivity contribution in [3.63, 3.8) is 0 Å². The van der Waals surface area contributed by atoms with Gasteiger partial charge in [-0.05, 0) is 102 Å². The first kappa shape index (κ1) is 29.5. The predicted octanol–water partition coefficient (Wildman–Crippen LogP) is 7.75. The van der Waals surface area contributed by atoms with Gasteiger partial charge in [0.05, 0.1) is 10.8 Å². The number of allylic oxidation sites excluding steroid dienone is 6. The molecule has 0 aromatic heterocycles. The molecule has 1 spiro atoms. The van der Waals surface area contributed by atoms with Gasteiger partial charge in [0.2, 0.25) is 0 Å². The maximum Gasteiger partial charge on any atom is 0.180 e. The lowest BCUT2D eigenvalue weighted by Crippen LogP contribution is -2.85. The third-order valence-electron chi connectivity index (χ3n) is 13.0. The summed E-state index contributed by atoms with van der Waals surface area (Å²) in [4.78, 5) is 46.3. The largest absolute Gasteiger partial charge is 0.387 e. The zero-order valence-electron chi connectivity index (χ0n) is 27.0. The lowest BCUT2D eigenvalue weighted by molar-refractivity contribution is -0.261. The standard InChI is InChI=1S/C38H48O4/c1-22(2)14-16-25-20-35-21-29-33(7,8)27-13-11-10-12-26(27)30(39)37(29)32(41)36(31(35)40,19-18-24(5)6)28(17-15-23(3)4)34(25,9)38(35,37)42/h10-15,18,25,28-29,42H,16-17,19-21H2,1-9H3/t25-,28-,29-,34-,35-,36-,37-,38-/m0/s1. The number of carbonyl (C=O) groups is 3. The average Bonchev–Trinajstić information content (AvgIpc) is 3.24. The Hall–Kier alpha value is -2.59. The first-order chi connectivity index (χ1) is 19.5. The van der Waals surface area contributed by atoms with Crippen molar-refractivity contribution in [3.05, 3.63) is 70.3 Å². The van der Waals surface area contributed by atoms with Crippen molar-refractivity contribution in [1.29, 1.82) is 0 Å². The zero-order valence-corrected chi connectivity index (χ0v) is 27.0. The zero-order chi connectivity index (χ0) is 30.8. The SMILES string of the molecule is CC(C)=CC[C@H]1C[C@]23C[C@H]4C(C)(C)c5ccccc5C(=O)[C@]45C(=O)[C@](CC=C(C)C)(C2=O)[C@@H](CC=C(C)C)[C@@]1(C)[C@]35O. The van der Waals surface area contributed by atoms with Crippen molar-refractivity contribution in [3.8, 4) is 0 Å². The lowest BCUT2D eigenvalue weighted by Gasteiger charge is -2.71. The third kappa shape index (κ3) is 2.87. The van der Waals surface area contributed by atoms with E-state index in [0.29, 0.717) is 31.2 Å². The van der Waals surface area contributed by atoms with Gasteiger partial charge < -0.3 is 5.11 Å². The van der Waals surface area contributed by atoms with E-state index in [4.69, 9.17) is 0 Å². The minimum absolute atomic E-state index is 0.0236. The molecular formula is C38H48O4. The van der Waals surface area contributed by atoms with Crippen molar-refractivity contribution in [2.75, 3.05) is 0 Å². The highest BCUT2D eigenvalue weighted by atomic mass is 16.3. The van der Waals surface area contributed by atoms with E-state index in [-0.39, 0.29) is 23.3 Å². The maximum atomic E-state index is 15.7. The molecule has 4 heteroatoms. The Morgan fingerprint density at radius 3 is 2.05 bits per heavy atom. The number of hydrogen-bond donors (Lipinski definition) is 1. The summed E-state index contributed by atoms with van der Waals surface area (Å²) in [7, 11) is 0. The number of hydrogen-bond acceptors (Lipinski definition) is 4. The van der Waals surface area contributed by atoms with E-state index in [1.54, 1.807) is 0 Å². The molecule has 4 nitrogen and oxygen atoms in total. The second-order valence-corrected chi connectivity index (χ2v) is 15.8. The van der Waals surface area contributed by atoms with Crippen molar-refractivity contribution in [1.82, 2.24) is 0 Å². The van der Waals surface area contributed by atoms with Crippen LogP contribution >= 0.6 is 0 Å². The fourth-order valence-electron chi connectivity index (χ4n) is 11.4. The topological polar surface area (TPSA) is 71.4 Å². The van der Waals surface area contributed by atoms with Gasteiger partial charge in [-0.15, -0.1) is 0 Å². The van der Waals surface area contributed by atoms with Gasteiger partial charge in [0.25, 0.3) is 0 Å². The quantitative estimate of drug-likeness (QED) is 0.281. The molecule has 0 unspecified atom stereocenters. The molecule has 6 aliphatic carbocycles. The van der Waals surface area contributed by atoms with Crippen molar-refractivity contribution < 1.29 is 19.5 Å². The monoisotopic (exact) mass is 568 g/mol. The van der Waals surface area contributed by atoms with Crippen LogP contribution < -0.4 is 0 Å². The van der Waals surface area contributed by atoms with Gasteiger partial charge in [-0.25, -0.2) is 0 Å². The van der Waals surface area contributed by atoms with Crippen LogP contribution in [0.3, 0.4) is 0 Å². The van der Waals surface area contributed by atoms with Crippen LogP contribution in [0, 0.1) is 39.4 Å². The molecule has 0 saturated heterocycles. The minimum atomic E-state index is -1.75. The van der Waals surface area contributed by atoms with E-state index in [9.17, 15) is 5.11 Å². The van der Waals surface area contributed by atoms with Crippen LogP contribution in [-0.2, 0) is 15.0 Å². The molecule has 5 bridgehead atoms. The molecule has 1 aromatic rings. The fourth-order valence-corrected chi connectivity index (χ4v) is 11.4. The normalized spacial score (nSPS) is 41.8. The Morgan fingerprint density at radius 2 is 1.43 bits per heavy atom. The van der Waals surface area contributed by atoms with E-state index < -0.39 is 44.5 Å². The molecule has 1 N–H and O–H groups in total. The van der Waals surface area contributed by atoms with Crippen molar-refractivity contribution in [2.24, 2.45) is 39.4 Å². The average molecular weight is 569 g/mol. The molecule has 0 heterocycles. The van der Waals surface area contributed by atoms with Crippen LogP contribution in [0.2, 0.25) is 0 Å². The van der Waals surface area contributed by atoms with Gasteiger partial charge in [-0.1, -0.05) is 80.0 Å². The summed E-state index contributed by atoms with van der Waals surface area (Å²) in [6.45, 7) is 18.7. The Balaban J connectivity index is 1.75. The first-order valence-electron chi connectivity index (χ1n) is 15.9. The molecule has 42 heavy (non-hydrogen) atoms. The molecule has 7 rings (SSSR count). The van der Waals surface area contributed by atoms with Crippen LogP contribution in [0.5, 0.6) is 0 Å². The van der Waals surface area contributed by atoms with Gasteiger partial charge >= 0.3 is 0 Å². The summed E-state index contributed by atoms with van der Waals surface area (Å²) in [5, 5.41) is 13.8. The molecular weight excluding hydrogens is 520 g/mol. The minimum Gasteiger partial charge on any atom is -0.387 e. The summed E-state index contributed by atoms with van der Waals surface area (Å²) in [5.41, 5.74) is -2.42. The van der Waals surface area contributed by atoms with Crippen molar-refractivity contribution in [2.45, 2.75) is 105 Å². The van der Waals surface area contributed by atoms with Crippen LogP contribution in [-0.4, -0.2) is 28.1 Å². The highest BCUT2D eigenvalue weighted by Crippen LogP contribution is 2.89. The van der Waals surface area contributed by atoms with Crippen LogP contribution in [0.15, 0.2) is 59.2 Å². The number of Topliss-reactive ketones (excluding diaryl/α,β-unsaturated/α-hetero) is 3. The van der Waals surface area contributed by atoms with Gasteiger partial charge in [-0.2, -0.15) is 0 Å². The number of fused-ring (bicyclic) bond motifs is 1. The van der Waals surface area contributed by atoms with Gasteiger partial charge in [-0.3, -0.25) is 14.4 Å². The molecule has 224 valence electrons. The summed E-state index contributed by atoms with van der Waals surface area (Å²) >= 11 is 0. The number of benzene rings is 1. The van der Waals surface area contributed by atoms with Crippen molar-refractivity contribution >= 4 is 17.3 Å². The van der Waals surface area contributed by atoms with E-state index in [1.807, 2.05) is 58.0 Å². The summed E-state index contributed by atoms with van der Waals surface area (Å²) in [5.74, 6) is -1.50. The molecule has 1 aromatic carbocycles. The molecule has 8 atom stereocenters. The molecule has 5 fully saturated rings. The summed E-state index contributed by atoms with van der Waals surface area (Å²) in [6.07, 6.45) is 8.87. The number of carbonyl (C=O) groups excluding carboxylic acids is 3. The van der Waals surface area contributed by atoms with Gasteiger partial charge in [0.15, 0.2) is 17.3 Å². The Kier molecular flexibility index (Phi) is 6.14. The molecule has 6 aliphatic rings. The van der Waals surface area contributed by atoms with E-state index in [2.05, 4.69) is 46.8 Å². The van der Waals surface area contributed by atoms with Crippen LogP contribution in [0.4, 0.5) is 0 Å². The third-order valence-corrected chi connectivity index (χ3v) is 13.0. The van der Waals surface area contributed by atoms with E-state index >= 15 is 14.4 Å². The number of aliphatic hydroxyl groups is 1. The number of ketones is 3. The molecule has 5 saturated carbocycles. The highest BCUT2D eigenvalue weighted by molar-refractivity contribution is 6.30. The maximum absolute atomic E-state index is 15.7. The highest BCUT2D eigenvalue weighted by Gasteiger charge is 2.99. The summed E-state index contributed by atoms with van der Waals surface area (Å²) < 4.78 is 0. The molecule has 0 amide bonds. The van der Waals surface area contributed by atoms with Crippen LogP contribution in [0.1, 0.15) is 110 Å². The molecule has 0 radical (unpaired) electrons. The Labute approximate surface area is 251 Å². The predicted molar refractivity (Wildman–Crippen MR) is 166 cm³/mol. The molecule has 0 aliphatic heterocycles. The Morgan fingerprint density at radius 1 is 0.833 bits per heavy atom. The van der Waals surface area contributed by atoms with Gasteiger partial charge in [0.1, 0.15) is 11.0 Å². The Bertz CT molecular complexity index is 1510. The summed E-state index contributed by atoms with van der Waals surface area (Å²) in [6, 6.07) is 7.65. The van der Waals surface area contributed by atoms with Crippen LogP contribution in [0.25, 0.3) is 0 Å². The smallest absolute Gasteiger partial charge is 0.180 e. The first-order valence-corrected chi connectivity index (χ1v) is 15.9. The van der Waals surface area contributed by atoms with E-state index in [1.165, 1.54) is 5.57 Å². The van der Waals surface area contributed by atoms with E-state index in [0.717, 1.165) is 23.1 Å². The second-order valence-electron chi connectivity index (χ2n) is 15.8. The lowest BCUT2D eigenvalue weighted by atomic mass is 9.30. The number of rotatable bonds is 6. The van der Waals surface area contributed by atoms with Gasteiger partial charge in [0, 0.05) is 11.0 Å².